The molecule has 0 bridgehead atoms. The Hall–Kier alpha value is -3.81. The van der Waals surface area contributed by atoms with Gasteiger partial charge in [-0.15, -0.1) is 0 Å². The van der Waals surface area contributed by atoms with Gasteiger partial charge < -0.3 is 8.92 Å². The predicted molar refractivity (Wildman–Crippen MR) is 143 cm³/mol. The highest BCUT2D eigenvalue weighted by atomic mass is 79.9. The number of hydrogen-bond acceptors (Lipinski definition) is 8. The summed E-state index contributed by atoms with van der Waals surface area (Å²) >= 11 is 6.56. The van der Waals surface area contributed by atoms with E-state index in [0.717, 1.165) is 6.08 Å². The summed E-state index contributed by atoms with van der Waals surface area (Å²) in [6.07, 6.45) is 1.12. The van der Waals surface area contributed by atoms with Crippen molar-refractivity contribution in [2.24, 2.45) is 0 Å². The first kappa shape index (κ1) is 27.2. The van der Waals surface area contributed by atoms with Crippen molar-refractivity contribution in [3.05, 3.63) is 92.4 Å². The van der Waals surface area contributed by atoms with Gasteiger partial charge in [-0.2, -0.15) is 8.42 Å². The van der Waals surface area contributed by atoms with Crippen LogP contribution in [-0.4, -0.2) is 39.3 Å². The third-order valence-electron chi connectivity index (χ3n) is 5.21. The van der Waals surface area contributed by atoms with Crippen molar-refractivity contribution < 1.29 is 36.5 Å². The number of rotatable bonds is 6. The lowest BCUT2D eigenvalue weighted by Crippen LogP contribution is -2.54. The second kappa shape index (κ2) is 10.9. The maximum atomic E-state index is 13.3. The van der Waals surface area contributed by atoms with Crippen LogP contribution in [0.5, 0.6) is 5.75 Å². The molecule has 0 aromatic heterocycles. The number of ether oxygens (including phenoxy) is 1. The predicted octanol–water partition coefficient (Wildman–Crippen LogP) is 4.43. The summed E-state index contributed by atoms with van der Waals surface area (Å²) in [5, 5.41) is 2.08. The fourth-order valence-electron chi connectivity index (χ4n) is 3.43. The standard InChI is InChI=1S/C25H16Br2N2O8S/c1-36-24(32)14-7-9-17(10-8-14)29-23(31)19(22(30)28-25(29)33)12-15-11-16(26)13-20(27)21(15)37-38(34,35)18-5-3-2-4-6-18/h2-13H,1H3,(H,28,30,33)/b19-12+. The molecule has 4 amide bonds. The Balaban J connectivity index is 1.76. The highest BCUT2D eigenvalue weighted by molar-refractivity contribution is 9.11. The highest BCUT2D eigenvalue weighted by Gasteiger charge is 2.37. The number of hydrogen-bond donors (Lipinski definition) is 1. The molecule has 10 nitrogen and oxygen atoms in total. The maximum Gasteiger partial charge on any atom is 0.339 e. The molecule has 38 heavy (non-hydrogen) atoms. The Morgan fingerprint density at radius 1 is 0.974 bits per heavy atom. The minimum atomic E-state index is -4.28. The van der Waals surface area contributed by atoms with Gasteiger partial charge >= 0.3 is 22.1 Å². The largest absolute Gasteiger partial charge is 0.465 e. The quantitative estimate of drug-likeness (QED) is 0.177. The van der Waals surface area contributed by atoms with E-state index in [4.69, 9.17) is 4.18 Å². The number of imide groups is 2. The van der Waals surface area contributed by atoms with E-state index < -0.39 is 39.5 Å². The van der Waals surface area contributed by atoms with Gasteiger partial charge in [-0.25, -0.2) is 14.5 Å². The van der Waals surface area contributed by atoms with Crippen molar-refractivity contribution in [1.82, 2.24) is 5.32 Å². The number of nitrogens with zero attached hydrogens (tertiary/aromatic N) is 1. The molecule has 0 radical (unpaired) electrons. The molecule has 1 aliphatic rings. The molecule has 0 spiro atoms. The maximum absolute atomic E-state index is 13.3. The van der Waals surface area contributed by atoms with E-state index >= 15 is 0 Å². The number of barbiturate groups is 1. The summed E-state index contributed by atoms with van der Waals surface area (Å²) in [4.78, 5) is 50.8. The smallest absolute Gasteiger partial charge is 0.339 e. The van der Waals surface area contributed by atoms with Crippen LogP contribution in [0.15, 0.2) is 86.1 Å². The van der Waals surface area contributed by atoms with E-state index in [2.05, 4.69) is 41.9 Å². The van der Waals surface area contributed by atoms with Gasteiger partial charge in [-0.05, 0) is 70.5 Å². The summed E-state index contributed by atoms with van der Waals surface area (Å²) in [5.74, 6) is -2.76. The number of anilines is 1. The molecule has 1 fully saturated rings. The first-order valence-electron chi connectivity index (χ1n) is 10.6. The van der Waals surface area contributed by atoms with E-state index in [1.54, 1.807) is 6.07 Å². The Morgan fingerprint density at radius 3 is 2.26 bits per heavy atom. The monoisotopic (exact) mass is 662 g/mol. The van der Waals surface area contributed by atoms with Gasteiger partial charge in [0.15, 0.2) is 5.75 Å². The molecule has 1 N–H and O–H groups in total. The van der Waals surface area contributed by atoms with Gasteiger partial charge in [-0.1, -0.05) is 34.1 Å². The first-order valence-corrected chi connectivity index (χ1v) is 13.6. The molecule has 194 valence electrons. The zero-order valence-corrected chi connectivity index (χ0v) is 23.3. The number of benzene rings is 3. The highest BCUT2D eigenvalue weighted by Crippen LogP contribution is 2.37. The van der Waals surface area contributed by atoms with Gasteiger partial charge in [0.1, 0.15) is 10.5 Å². The van der Waals surface area contributed by atoms with Gasteiger partial charge in [0.25, 0.3) is 11.8 Å². The normalized spacial score (nSPS) is 14.9. The zero-order valence-electron chi connectivity index (χ0n) is 19.3. The number of halogens is 2. The molecule has 4 rings (SSSR count). The molecule has 0 unspecified atom stereocenters. The van der Waals surface area contributed by atoms with Gasteiger partial charge in [0.05, 0.1) is 22.8 Å². The van der Waals surface area contributed by atoms with Crippen LogP contribution in [0.1, 0.15) is 15.9 Å². The summed E-state index contributed by atoms with van der Waals surface area (Å²) < 4.78 is 36.5. The van der Waals surface area contributed by atoms with Gasteiger partial charge in [0, 0.05) is 10.0 Å². The number of amides is 4. The van der Waals surface area contributed by atoms with Crippen LogP contribution in [0.25, 0.3) is 6.08 Å². The van der Waals surface area contributed by atoms with Crippen LogP contribution in [0.3, 0.4) is 0 Å². The summed E-state index contributed by atoms with van der Waals surface area (Å²) in [6, 6.07) is 14.8. The zero-order chi connectivity index (χ0) is 27.6. The number of carbonyl (C=O) groups excluding carboxylic acids is 4. The van der Waals surface area contributed by atoms with E-state index in [-0.39, 0.29) is 31.9 Å². The average molecular weight is 664 g/mol. The second-order valence-electron chi connectivity index (χ2n) is 7.65. The van der Waals surface area contributed by atoms with Crippen molar-refractivity contribution in [2.75, 3.05) is 12.0 Å². The van der Waals surface area contributed by atoms with Crippen LogP contribution in [0, 0.1) is 0 Å². The molecule has 3 aromatic carbocycles. The minimum absolute atomic E-state index is 0.0552. The average Bonchev–Trinajstić information content (AvgIpc) is 2.88. The first-order chi connectivity index (χ1) is 18.0. The van der Waals surface area contributed by atoms with Crippen LogP contribution < -0.4 is 14.4 Å². The number of urea groups is 1. The van der Waals surface area contributed by atoms with Crippen LogP contribution in [0.2, 0.25) is 0 Å². The molecular formula is C25H16Br2N2O8S. The lowest BCUT2D eigenvalue weighted by Gasteiger charge is -2.26. The molecular weight excluding hydrogens is 648 g/mol. The molecule has 1 aliphatic heterocycles. The Morgan fingerprint density at radius 2 is 1.63 bits per heavy atom. The summed E-state index contributed by atoms with van der Waals surface area (Å²) in [7, 11) is -3.07. The number of carbonyl (C=O) groups is 4. The lowest BCUT2D eigenvalue weighted by molar-refractivity contribution is -0.122. The van der Waals surface area contributed by atoms with Crippen molar-refractivity contribution in [3.63, 3.8) is 0 Å². The number of nitrogens with one attached hydrogen (secondary N) is 1. The lowest BCUT2D eigenvalue weighted by atomic mass is 10.1. The van der Waals surface area contributed by atoms with E-state index in [1.165, 1.54) is 67.8 Å². The number of esters is 1. The topological polar surface area (TPSA) is 136 Å². The van der Waals surface area contributed by atoms with E-state index in [0.29, 0.717) is 9.37 Å². The van der Waals surface area contributed by atoms with E-state index in [1.807, 2.05) is 0 Å². The van der Waals surface area contributed by atoms with E-state index in [9.17, 15) is 27.6 Å². The van der Waals surface area contributed by atoms with Crippen molar-refractivity contribution in [3.8, 4) is 5.75 Å². The van der Waals surface area contributed by atoms with Crippen LogP contribution in [-0.2, 0) is 24.4 Å². The number of methoxy groups -OCH3 is 1. The molecule has 0 saturated carbocycles. The third kappa shape index (κ3) is 5.54. The third-order valence-corrected chi connectivity index (χ3v) is 7.49. The fraction of sp³-hybridized carbons (Fsp3) is 0.0400. The molecule has 13 heteroatoms. The fourth-order valence-corrected chi connectivity index (χ4v) is 5.87. The molecule has 1 saturated heterocycles. The summed E-state index contributed by atoms with van der Waals surface area (Å²) in [6.45, 7) is 0. The van der Waals surface area contributed by atoms with Crippen molar-refractivity contribution >= 4 is 77.6 Å². The molecule has 0 atom stereocenters. The molecule has 3 aromatic rings. The summed E-state index contributed by atoms with van der Waals surface area (Å²) in [5.41, 5.74) is -0.140. The van der Waals surface area contributed by atoms with Crippen molar-refractivity contribution in [1.29, 1.82) is 0 Å². The van der Waals surface area contributed by atoms with Crippen molar-refractivity contribution in [2.45, 2.75) is 4.90 Å². The van der Waals surface area contributed by atoms with Gasteiger partial charge in [-0.3, -0.25) is 14.9 Å². The van der Waals surface area contributed by atoms with Crippen LogP contribution in [0.4, 0.5) is 10.5 Å². The molecule has 1 heterocycles. The molecule has 0 aliphatic carbocycles. The minimum Gasteiger partial charge on any atom is -0.465 e. The van der Waals surface area contributed by atoms with Crippen LogP contribution >= 0.6 is 31.9 Å². The second-order valence-corrected chi connectivity index (χ2v) is 11.0. The Kier molecular flexibility index (Phi) is 7.81. The Bertz CT molecular complexity index is 1600. The van der Waals surface area contributed by atoms with Gasteiger partial charge in [0.2, 0.25) is 0 Å². The Labute approximate surface area is 233 Å². The SMILES string of the molecule is COC(=O)c1ccc(N2C(=O)NC(=O)/C(=C\c3cc(Br)cc(Br)c3OS(=O)(=O)c3ccccc3)C2=O)cc1.